The minimum atomic E-state index is -0.982. The SMILES string of the molecule is CCN1C(=O)N[C@H](c2ccc(Cl)cc2)C2=C1CN([C@H](C(=O)Nc1ccc(F)cc1)c1ccccc1)C2=O. The van der Waals surface area contributed by atoms with Gasteiger partial charge < -0.3 is 15.5 Å². The maximum Gasteiger partial charge on any atom is 0.322 e. The van der Waals surface area contributed by atoms with E-state index in [1.165, 1.54) is 34.1 Å². The van der Waals surface area contributed by atoms with Crippen molar-refractivity contribution in [3.63, 3.8) is 0 Å². The van der Waals surface area contributed by atoms with Gasteiger partial charge in [0.1, 0.15) is 11.9 Å². The van der Waals surface area contributed by atoms with Crippen LogP contribution in [-0.2, 0) is 9.59 Å². The number of likely N-dealkylation sites (N-methyl/N-ethyl adjacent to an activating group) is 1. The molecule has 0 fully saturated rings. The standard InChI is InChI=1S/C28H24ClFN4O3/c1-2-33-22-16-34(27(36)23(22)24(32-28(33)37)17-8-10-19(29)11-9-17)25(18-6-4-3-5-7-18)26(35)31-21-14-12-20(30)13-15-21/h3-15,24-25H,2,16H2,1H3,(H,31,35)(H,32,37)/t24-,25+/m1/s1. The molecule has 0 aromatic heterocycles. The first-order chi connectivity index (χ1) is 17.9. The monoisotopic (exact) mass is 518 g/mol. The van der Waals surface area contributed by atoms with Gasteiger partial charge in [0.2, 0.25) is 0 Å². The molecular weight excluding hydrogens is 495 g/mol. The lowest BCUT2D eigenvalue weighted by Crippen LogP contribution is -2.47. The molecule has 2 atom stereocenters. The van der Waals surface area contributed by atoms with Gasteiger partial charge in [0.15, 0.2) is 0 Å². The summed E-state index contributed by atoms with van der Waals surface area (Å²) in [6.07, 6.45) is 0. The topological polar surface area (TPSA) is 81.8 Å². The highest BCUT2D eigenvalue weighted by Gasteiger charge is 2.47. The fourth-order valence-electron chi connectivity index (χ4n) is 4.81. The molecule has 0 aliphatic carbocycles. The van der Waals surface area contributed by atoms with Crippen LogP contribution in [0, 0.1) is 5.82 Å². The fraction of sp³-hybridized carbons (Fsp3) is 0.179. The molecule has 7 nitrogen and oxygen atoms in total. The normalized spacial score (nSPS) is 18.0. The number of benzene rings is 3. The Morgan fingerprint density at radius 1 is 1.05 bits per heavy atom. The van der Waals surface area contributed by atoms with Crippen LogP contribution in [0.15, 0.2) is 90.1 Å². The van der Waals surface area contributed by atoms with E-state index in [9.17, 15) is 18.8 Å². The maximum atomic E-state index is 14.0. The third kappa shape index (κ3) is 4.68. The second-order valence-electron chi connectivity index (χ2n) is 8.78. The van der Waals surface area contributed by atoms with Crippen LogP contribution in [-0.4, -0.2) is 40.7 Å². The first-order valence-electron chi connectivity index (χ1n) is 11.9. The third-order valence-electron chi connectivity index (χ3n) is 6.56. The number of amides is 4. The summed E-state index contributed by atoms with van der Waals surface area (Å²) in [4.78, 5) is 43.6. The van der Waals surface area contributed by atoms with Gasteiger partial charge >= 0.3 is 6.03 Å². The highest BCUT2D eigenvalue weighted by Crippen LogP contribution is 2.40. The van der Waals surface area contributed by atoms with Gasteiger partial charge in [0.25, 0.3) is 11.8 Å². The molecule has 0 radical (unpaired) electrons. The summed E-state index contributed by atoms with van der Waals surface area (Å²) >= 11 is 6.06. The second kappa shape index (κ2) is 10.1. The van der Waals surface area contributed by atoms with Gasteiger partial charge in [-0.2, -0.15) is 0 Å². The second-order valence-corrected chi connectivity index (χ2v) is 9.22. The number of rotatable bonds is 6. The van der Waals surface area contributed by atoms with Gasteiger partial charge in [-0.3, -0.25) is 14.5 Å². The number of hydrogen-bond donors (Lipinski definition) is 2. The maximum absolute atomic E-state index is 14.0. The van der Waals surface area contributed by atoms with E-state index in [2.05, 4.69) is 10.6 Å². The van der Waals surface area contributed by atoms with Crippen LogP contribution in [0.25, 0.3) is 0 Å². The van der Waals surface area contributed by atoms with Gasteiger partial charge in [-0.05, 0) is 54.4 Å². The Hall–Kier alpha value is -4.17. The summed E-state index contributed by atoms with van der Waals surface area (Å²) in [5.74, 6) is -1.22. The summed E-state index contributed by atoms with van der Waals surface area (Å²) < 4.78 is 13.4. The van der Waals surface area contributed by atoms with Gasteiger partial charge in [-0.15, -0.1) is 0 Å². The van der Waals surface area contributed by atoms with Crippen molar-refractivity contribution in [2.75, 3.05) is 18.4 Å². The molecule has 3 aromatic rings. The lowest BCUT2D eigenvalue weighted by molar-refractivity contribution is -0.134. The van der Waals surface area contributed by atoms with Crippen molar-refractivity contribution in [2.45, 2.75) is 19.0 Å². The molecule has 0 saturated heterocycles. The number of carbonyl (C=O) groups excluding carboxylic acids is 3. The zero-order chi connectivity index (χ0) is 26.1. The van der Waals surface area contributed by atoms with E-state index in [1.807, 2.05) is 13.0 Å². The van der Waals surface area contributed by atoms with E-state index in [0.717, 1.165) is 0 Å². The molecule has 0 saturated carbocycles. The number of carbonyl (C=O) groups is 3. The van der Waals surface area contributed by atoms with Crippen molar-refractivity contribution in [1.82, 2.24) is 15.1 Å². The number of halogens is 2. The zero-order valence-corrected chi connectivity index (χ0v) is 20.7. The van der Waals surface area contributed by atoms with Gasteiger partial charge in [-0.1, -0.05) is 54.1 Å². The molecule has 0 bridgehead atoms. The van der Waals surface area contributed by atoms with E-state index in [1.54, 1.807) is 48.5 Å². The van der Waals surface area contributed by atoms with Gasteiger partial charge in [-0.25, -0.2) is 9.18 Å². The molecule has 4 amide bonds. The molecular formula is C28H24ClFN4O3. The van der Waals surface area contributed by atoms with Gasteiger partial charge in [0, 0.05) is 17.3 Å². The summed E-state index contributed by atoms with van der Waals surface area (Å²) in [7, 11) is 0. The molecule has 5 rings (SSSR count). The molecule has 2 aliphatic rings. The lowest BCUT2D eigenvalue weighted by Gasteiger charge is -2.32. The van der Waals surface area contributed by atoms with Crippen LogP contribution in [0.1, 0.15) is 30.1 Å². The van der Waals surface area contributed by atoms with Crippen molar-refractivity contribution < 1.29 is 18.8 Å². The molecule has 37 heavy (non-hydrogen) atoms. The molecule has 3 aromatic carbocycles. The van der Waals surface area contributed by atoms with Crippen molar-refractivity contribution in [3.05, 3.63) is 112 Å². The summed E-state index contributed by atoms with van der Waals surface area (Å²) in [5, 5.41) is 6.27. The predicted molar refractivity (Wildman–Crippen MR) is 138 cm³/mol. The van der Waals surface area contributed by atoms with Crippen LogP contribution in [0.2, 0.25) is 5.02 Å². The molecule has 0 unspecified atom stereocenters. The smallest absolute Gasteiger partial charge is 0.322 e. The minimum Gasteiger partial charge on any atom is -0.326 e. The Morgan fingerprint density at radius 3 is 2.38 bits per heavy atom. The molecule has 2 heterocycles. The van der Waals surface area contributed by atoms with E-state index in [0.29, 0.717) is 39.7 Å². The summed E-state index contributed by atoms with van der Waals surface area (Å²) in [6, 6.07) is 19.3. The van der Waals surface area contributed by atoms with Crippen molar-refractivity contribution in [1.29, 1.82) is 0 Å². The molecule has 188 valence electrons. The van der Waals surface area contributed by atoms with E-state index in [-0.39, 0.29) is 18.5 Å². The van der Waals surface area contributed by atoms with Crippen LogP contribution >= 0.6 is 11.6 Å². The number of anilines is 1. The third-order valence-corrected chi connectivity index (χ3v) is 6.81. The molecule has 2 N–H and O–H groups in total. The van der Waals surface area contributed by atoms with Crippen LogP contribution < -0.4 is 10.6 Å². The molecule has 2 aliphatic heterocycles. The Balaban J connectivity index is 1.53. The Kier molecular flexibility index (Phi) is 6.67. The van der Waals surface area contributed by atoms with E-state index >= 15 is 0 Å². The Labute approximate surface area is 218 Å². The number of hydrogen-bond acceptors (Lipinski definition) is 3. The van der Waals surface area contributed by atoms with Gasteiger partial charge in [0.05, 0.1) is 23.9 Å². The first kappa shape index (κ1) is 24.5. The summed E-state index contributed by atoms with van der Waals surface area (Å²) in [5.41, 5.74) is 2.71. The lowest BCUT2D eigenvalue weighted by atomic mass is 9.95. The summed E-state index contributed by atoms with van der Waals surface area (Å²) in [6.45, 7) is 2.27. The van der Waals surface area contributed by atoms with Crippen LogP contribution in [0.4, 0.5) is 14.9 Å². The fourth-order valence-corrected chi connectivity index (χ4v) is 4.94. The quantitative estimate of drug-likeness (QED) is 0.479. The number of nitrogens with one attached hydrogen (secondary N) is 2. The zero-order valence-electron chi connectivity index (χ0n) is 19.9. The Bertz CT molecular complexity index is 1380. The van der Waals surface area contributed by atoms with Crippen LogP contribution in [0.3, 0.4) is 0 Å². The molecule has 9 heteroatoms. The van der Waals surface area contributed by atoms with Crippen molar-refractivity contribution in [2.24, 2.45) is 0 Å². The van der Waals surface area contributed by atoms with E-state index < -0.39 is 23.8 Å². The first-order valence-corrected chi connectivity index (χ1v) is 12.2. The number of urea groups is 1. The average Bonchev–Trinajstić information content (AvgIpc) is 3.22. The van der Waals surface area contributed by atoms with Crippen molar-refractivity contribution >= 4 is 35.1 Å². The Morgan fingerprint density at radius 2 is 1.73 bits per heavy atom. The largest absolute Gasteiger partial charge is 0.326 e. The van der Waals surface area contributed by atoms with Crippen LogP contribution in [0.5, 0.6) is 0 Å². The predicted octanol–water partition coefficient (Wildman–Crippen LogP) is 5.04. The highest BCUT2D eigenvalue weighted by molar-refractivity contribution is 6.30. The van der Waals surface area contributed by atoms with E-state index in [4.69, 9.17) is 11.6 Å². The number of nitrogens with zero attached hydrogens (tertiary/aromatic N) is 2. The van der Waals surface area contributed by atoms with Crippen molar-refractivity contribution in [3.8, 4) is 0 Å². The minimum absolute atomic E-state index is 0.0793. The average molecular weight is 519 g/mol. The molecule has 0 spiro atoms. The highest BCUT2D eigenvalue weighted by atomic mass is 35.5.